The fourth-order valence-corrected chi connectivity index (χ4v) is 5.01. The number of hydroxylamine groups is 2. The Labute approximate surface area is 150 Å². The Morgan fingerprint density at radius 2 is 1.88 bits per heavy atom. The van der Waals surface area contributed by atoms with Gasteiger partial charge < -0.3 is 15.5 Å². The summed E-state index contributed by atoms with van der Waals surface area (Å²) in [6, 6.07) is -0.945. The molecular weight excluding hydrogens is 366 g/mol. The van der Waals surface area contributed by atoms with Crippen molar-refractivity contribution in [3.05, 3.63) is 4.91 Å². The maximum absolute atomic E-state index is 12.7. The number of nitrogens with zero attached hydrogens (tertiary/aromatic N) is 3. The highest BCUT2D eigenvalue weighted by molar-refractivity contribution is 7.85. The standard InChI is InChI=1S/C14H21N5O6S/c20-13(16-10-5-8-1-2-9(6-10)15-8)12-4-3-11-7-18(12)14(21)19(11)25-26(23,24)17-22/h8-12,15H,1-7H2,(H,16,20)/t8?,9?,10?,11-,12-/m1/s1. The third kappa shape index (κ3) is 3.16. The van der Waals surface area contributed by atoms with Crippen LogP contribution in [0.3, 0.4) is 0 Å². The van der Waals surface area contributed by atoms with Crippen LogP contribution < -0.4 is 10.6 Å². The van der Waals surface area contributed by atoms with E-state index in [9.17, 15) is 22.9 Å². The van der Waals surface area contributed by atoms with E-state index >= 15 is 0 Å². The lowest BCUT2D eigenvalue weighted by molar-refractivity contribution is -0.127. The average Bonchev–Trinajstić information content (AvgIpc) is 3.06. The van der Waals surface area contributed by atoms with Gasteiger partial charge in [0.05, 0.1) is 10.6 Å². The molecule has 26 heavy (non-hydrogen) atoms. The number of rotatable bonds is 5. The predicted octanol–water partition coefficient (Wildman–Crippen LogP) is -0.403. The number of fused-ring (bicyclic) bond motifs is 4. The molecule has 0 aromatic carbocycles. The summed E-state index contributed by atoms with van der Waals surface area (Å²) >= 11 is 0. The molecule has 0 spiro atoms. The van der Waals surface area contributed by atoms with Crippen molar-refractivity contribution in [2.45, 2.75) is 68.7 Å². The summed E-state index contributed by atoms with van der Waals surface area (Å²) in [5.74, 6) is -0.221. The minimum atomic E-state index is -4.70. The summed E-state index contributed by atoms with van der Waals surface area (Å²) in [4.78, 5) is 36.7. The van der Waals surface area contributed by atoms with Crippen LogP contribution in [0.15, 0.2) is 4.58 Å². The molecule has 12 heteroatoms. The second-order valence-corrected chi connectivity index (χ2v) is 8.55. The molecule has 0 aliphatic carbocycles. The van der Waals surface area contributed by atoms with Crippen molar-refractivity contribution >= 4 is 22.2 Å². The van der Waals surface area contributed by atoms with Gasteiger partial charge in [0.25, 0.3) is 0 Å². The number of amides is 3. The van der Waals surface area contributed by atoms with E-state index in [1.54, 1.807) is 0 Å². The van der Waals surface area contributed by atoms with E-state index in [0.717, 1.165) is 25.7 Å². The first kappa shape index (κ1) is 17.6. The van der Waals surface area contributed by atoms with E-state index in [-0.39, 0.29) is 18.5 Å². The zero-order valence-corrected chi connectivity index (χ0v) is 14.9. The summed E-state index contributed by atoms with van der Waals surface area (Å²) in [6.07, 6.45) is 4.82. The number of carbonyl (C=O) groups is 2. The summed E-state index contributed by atoms with van der Waals surface area (Å²) in [6.45, 7) is 0.183. The van der Waals surface area contributed by atoms with Gasteiger partial charge in [0.1, 0.15) is 6.04 Å². The van der Waals surface area contributed by atoms with Crippen LogP contribution in [0.4, 0.5) is 4.79 Å². The predicted molar refractivity (Wildman–Crippen MR) is 87.7 cm³/mol. The van der Waals surface area contributed by atoms with Crippen molar-refractivity contribution < 1.29 is 22.3 Å². The first-order chi connectivity index (χ1) is 12.4. The Hall–Kier alpha value is -1.79. The Morgan fingerprint density at radius 3 is 2.54 bits per heavy atom. The molecule has 0 aromatic rings. The van der Waals surface area contributed by atoms with Gasteiger partial charge in [0.15, 0.2) is 0 Å². The van der Waals surface area contributed by atoms with Crippen LogP contribution in [0.25, 0.3) is 0 Å². The molecule has 4 aliphatic rings. The lowest BCUT2D eigenvalue weighted by Gasteiger charge is -2.34. The zero-order valence-electron chi connectivity index (χ0n) is 14.0. The Kier molecular flexibility index (Phi) is 4.35. The maximum Gasteiger partial charge on any atom is 0.436 e. The first-order valence-corrected chi connectivity index (χ1v) is 10.2. The number of piperidine rings is 2. The minimum absolute atomic E-state index is 0.0867. The molecule has 144 valence electrons. The number of nitrogens with one attached hydrogen (secondary N) is 2. The number of hydrogen-bond donors (Lipinski definition) is 2. The third-order valence-corrected chi connectivity index (χ3v) is 6.24. The molecule has 4 saturated heterocycles. The molecule has 3 amide bonds. The van der Waals surface area contributed by atoms with Gasteiger partial charge in [-0.1, -0.05) is 0 Å². The topological polar surface area (TPSA) is 137 Å². The van der Waals surface area contributed by atoms with Crippen LogP contribution in [-0.2, 0) is 19.4 Å². The van der Waals surface area contributed by atoms with E-state index in [1.165, 1.54) is 4.90 Å². The van der Waals surface area contributed by atoms with Crippen molar-refractivity contribution in [3.63, 3.8) is 0 Å². The SMILES string of the molecule is O=NS(=O)(=O)ON1C(=O)N2C[C@H]1CC[C@@H]2C(=O)NC1CC2CCC(C1)N2. The maximum atomic E-state index is 12.7. The molecule has 0 radical (unpaired) electrons. The van der Waals surface area contributed by atoms with Crippen molar-refractivity contribution in [1.29, 1.82) is 0 Å². The summed E-state index contributed by atoms with van der Waals surface area (Å²) in [7, 11) is -4.70. The monoisotopic (exact) mass is 387 g/mol. The Morgan fingerprint density at radius 1 is 1.19 bits per heavy atom. The first-order valence-electron chi connectivity index (χ1n) is 8.81. The lowest BCUT2D eigenvalue weighted by Crippen LogP contribution is -2.55. The molecule has 4 bridgehead atoms. The number of hydrogen-bond acceptors (Lipinski definition) is 7. The second-order valence-electron chi connectivity index (χ2n) is 7.40. The van der Waals surface area contributed by atoms with Gasteiger partial charge in [0.2, 0.25) is 5.91 Å². The molecule has 2 unspecified atom stereocenters. The molecule has 11 nitrogen and oxygen atoms in total. The second kappa shape index (κ2) is 6.43. The molecule has 4 rings (SSSR count). The smallest absolute Gasteiger partial charge is 0.351 e. The molecule has 4 atom stereocenters. The van der Waals surface area contributed by atoms with Gasteiger partial charge in [-0.15, -0.1) is 9.19 Å². The molecule has 0 aromatic heterocycles. The van der Waals surface area contributed by atoms with Crippen LogP contribution in [0, 0.1) is 4.91 Å². The summed E-state index contributed by atoms with van der Waals surface area (Å²) in [5, 5.41) is 7.21. The number of urea groups is 1. The molecule has 4 aliphatic heterocycles. The number of nitroso groups, excluding NO2 is 1. The number of carbonyl (C=O) groups excluding carboxylic acids is 2. The third-order valence-electron chi connectivity index (χ3n) is 5.71. The van der Waals surface area contributed by atoms with Crippen molar-refractivity contribution in [1.82, 2.24) is 20.6 Å². The van der Waals surface area contributed by atoms with E-state index in [1.807, 2.05) is 4.58 Å². The Balaban J connectivity index is 1.40. The van der Waals surface area contributed by atoms with Gasteiger partial charge in [-0.25, -0.2) is 4.79 Å². The van der Waals surface area contributed by atoms with Crippen molar-refractivity contribution in [2.24, 2.45) is 4.58 Å². The van der Waals surface area contributed by atoms with Crippen LogP contribution in [0.5, 0.6) is 0 Å². The quantitative estimate of drug-likeness (QED) is 0.612. The van der Waals surface area contributed by atoms with E-state index in [2.05, 4.69) is 14.9 Å². The average molecular weight is 387 g/mol. The minimum Gasteiger partial charge on any atom is -0.351 e. The summed E-state index contributed by atoms with van der Waals surface area (Å²) in [5.41, 5.74) is 0. The van der Waals surface area contributed by atoms with Gasteiger partial charge in [-0.3, -0.25) is 4.79 Å². The van der Waals surface area contributed by atoms with Crippen LogP contribution in [0.1, 0.15) is 38.5 Å². The van der Waals surface area contributed by atoms with Crippen LogP contribution in [0.2, 0.25) is 0 Å². The Bertz CT molecular complexity index is 717. The van der Waals surface area contributed by atoms with Crippen molar-refractivity contribution in [3.8, 4) is 0 Å². The molecular formula is C14H21N5O6S. The highest BCUT2D eigenvalue weighted by atomic mass is 32.2. The summed E-state index contributed by atoms with van der Waals surface area (Å²) < 4.78 is 28.8. The molecule has 4 heterocycles. The fourth-order valence-electron chi connectivity index (χ4n) is 4.59. The molecule has 4 fully saturated rings. The van der Waals surface area contributed by atoms with Crippen LogP contribution >= 0.6 is 0 Å². The van der Waals surface area contributed by atoms with E-state index < -0.39 is 28.4 Å². The van der Waals surface area contributed by atoms with Crippen LogP contribution in [-0.4, -0.2) is 67.1 Å². The van der Waals surface area contributed by atoms with Gasteiger partial charge in [-0.2, -0.15) is 13.5 Å². The largest absolute Gasteiger partial charge is 0.436 e. The lowest BCUT2D eigenvalue weighted by atomic mass is 9.97. The van der Waals surface area contributed by atoms with E-state index in [0.29, 0.717) is 30.0 Å². The highest BCUT2D eigenvalue weighted by Gasteiger charge is 2.50. The molecule has 2 N–H and O–H groups in total. The normalized spacial score (nSPS) is 36.3. The molecule has 0 saturated carbocycles. The van der Waals surface area contributed by atoms with Gasteiger partial charge >= 0.3 is 16.3 Å². The van der Waals surface area contributed by atoms with Gasteiger partial charge in [0, 0.05) is 24.7 Å². The highest BCUT2D eigenvalue weighted by Crippen LogP contribution is 2.32. The van der Waals surface area contributed by atoms with E-state index in [4.69, 9.17) is 0 Å². The van der Waals surface area contributed by atoms with Gasteiger partial charge in [-0.05, 0) is 38.5 Å². The zero-order chi connectivity index (χ0) is 18.5. The van der Waals surface area contributed by atoms with Crippen molar-refractivity contribution in [2.75, 3.05) is 6.54 Å². The fraction of sp³-hybridized carbons (Fsp3) is 0.857.